The van der Waals surface area contributed by atoms with E-state index >= 15 is 0 Å². The summed E-state index contributed by atoms with van der Waals surface area (Å²) in [5, 5.41) is 0. The maximum atomic E-state index is 13.1. The van der Waals surface area contributed by atoms with Gasteiger partial charge >= 0.3 is 0 Å². The third kappa shape index (κ3) is 1.93. The van der Waals surface area contributed by atoms with Crippen LogP contribution in [0.15, 0.2) is 0 Å². The van der Waals surface area contributed by atoms with Crippen molar-refractivity contribution < 1.29 is 4.79 Å². The highest BCUT2D eigenvalue weighted by atomic mass is 35.5. The zero-order chi connectivity index (χ0) is 13.1. The Bertz CT molecular complexity index is 388. The summed E-state index contributed by atoms with van der Waals surface area (Å²) in [5.41, 5.74) is -0.0663. The number of rotatable bonds is 1. The average Bonchev–Trinajstić information content (AvgIpc) is 2.36. The molecule has 1 saturated heterocycles. The molecule has 3 heteroatoms. The fourth-order valence-electron chi connectivity index (χ4n) is 5.83. The number of hydrogen-bond donors (Lipinski definition) is 0. The Morgan fingerprint density at radius 1 is 1.00 bits per heavy atom. The van der Waals surface area contributed by atoms with Crippen molar-refractivity contribution in [1.29, 1.82) is 0 Å². The molecule has 5 fully saturated rings. The maximum absolute atomic E-state index is 13.1. The normalized spacial score (nSPS) is 48.6. The molecule has 0 N–H and O–H groups in total. The van der Waals surface area contributed by atoms with Crippen molar-refractivity contribution >= 4 is 17.5 Å². The average molecular weight is 282 g/mol. The molecule has 0 aromatic carbocycles. The minimum absolute atomic E-state index is 0.0322. The van der Waals surface area contributed by atoms with Crippen molar-refractivity contribution in [3.8, 4) is 0 Å². The number of hydrogen-bond acceptors (Lipinski definition) is 1. The van der Waals surface area contributed by atoms with E-state index in [4.69, 9.17) is 11.6 Å². The molecule has 0 aromatic heterocycles. The maximum Gasteiger partial charge on any atom is 0.228 e. The van der Waals surface area contributed by atoms with Crippen molar-refractivity contribution in [3.05, 3.63) is 0 Å². The number of amides is 1. The van der Waals surface area contributed by atoms with Crippen LogP contribution >= 0.6 is 11.6 Å². The molecule has 4 aliphatic carbocycles. The highest BCUT2D eigenvalue weighted by molar-refractivity contribution is 6.24. The fraction of sp³-hybridized carbons (Fsp3) is 0.938. The number of carbonyl (C=O) groups excluding carboxylic acids is 1. The van der Waals surface area contributed by atoms with Crippen molar-refractivity contribution in [3.63, 3.8) is 0 Å². The summed E-state index contributed by atoms with van der Waals surface area (Å²) in [6, 6.07) is 0. The standard InChI is InChI=1S/C16H24ClNO/c17-16-9-12-6-13(10-16)8-15(7-12,11-16)14(19)18-4-2-1-3-5-18/h12-13H,1-11H2. The number of piperidine rings is 1. The summed E-state index contributed by atoms with van der Waals surface area (Å²) >= 11 is 6.83. The number of carbonyl (C=O) groups is 1. The topological polar surface area (TPSA) is 20.3 Å². The number of alkyl halides is 1. The first-order valence-electron chi connectivity index (χ1n) is 8.07. The van der Waals surface area contributed by atoms with E-state index in [9.17, 15) is 4.79 Å². The van der Waals surface area contributed by atoms with Gasteiger partial charge in [-0.3, -0.25) is 4.79 Å². The molecule has 5 aliphatic rings. The van der Waals surface area contributed by atoms with Crippen molar-refractivity contribution in [2.75, 3.05) is 13.1 Å². The summed E-state index contributed by atoms with van der Waals surface area (Å²) in [6.07, 6.45) is 10.6. The van der Waals surface area contributed by atoms with Crippen molar-refractivity contribution in [2.24, 2.45) is 17.3 Å². The molecule has 2 nitrogen and oxygen atoms in total. The molecule has 2 atom stereocenters. The Morgan fingerprint density at radius 2 is 1.63 bits per heavy atom. The summed E-state index contributed by atoms with van der Waals surface area (Å²) in [4.78, 5) is 15.2. The predicted octanol–water partition coefficient (Wildman–Crippen LogP) is 3.58. The van der Waals surface area contributed by atoms with Crippen LogP contribution < -0.4 is 0 Å². The predicted molar refractivity (Wildman–Crippen MR) is 76.1 cm³/mol. The summed E-state index contributed by atoms with van der Waals surface area (Å²) in [6.45, 7) is 1.98. The molecule has 2 unspecified atom stereocenters. The first-order chi connectivity index (χ1) is 9.09. The third-order valence-electron chi connectivity index (χ3n) is 6.09. The zero-order valence-electron chi connectivity index (χ0n) is 11.7. The van der Waals surface area contributed by atoms with Gasteiger partial charge in [0.2, 0.25) is 5.91 Å². The third-order valence-corrected chi connectivity index (χ3v) is 6.53. The smallest absolute Gasteiger partial charge is 0.228 e. The summed E-state index contributed by atoms with van der Waals surface area (Å²) < 4.78 is 0. The number of halogens is 1. The van der Waals surface area contributed by atoms with E-state index in [0.717, 1.165) is 44.2 Å². The Balaban J connectivity index is 1.60. The van der Waals surface area contributed by atoms with Crippen molar-refractivity contribution in [2.45, 2.75) is 62.7 Å². The van der Waals surface area contributed by atoms with Crippen LogP contribution in [0, 0.1) is 17.3 Å². The molecule has 5 rings (SSSR count). The summed E-state index contributed by atoms with van der Waals surface area (Å²) in [7, 11) is 0. The highest BCUT2D eigenvalue weighted by Gasteiger charge is 2.60. The Morgan fingerprint density at radius 3 is 2.21 bits per heavy atom. The zero-order valence-corrected chi connectivity index (χ0v) is 12.4. The molecule has 106 valence electrons. The van der Waals surface area contributed by atoms with Crippen LogP contribution in [0.2, 0.25) is 0 Å². The number of nitrogens with zero attached hydrogens (tertiary/aromatic N) is 1. The molecule has 0 spiro atoms. The van der Waals surface area contributed by atoms with Crippen LogP contribution in [0.25, 0.3) is 0 Å². The monoisotopic (exact) mass is 281 g/mol. The van der Waals surface area contributed by atoms with Gasteiger partial charge in [-0.1, -0.05) is 0 Å². The van der Waals surface area contributed by atoms with E-state index in [2.05, 4.69) is 4.90 Å². The molecule has 4 bridgehead atoms. The van der Waals surface area contributed by atoms with Gasteiger partial charge in [-0.15, -0.1) is 11.6 Å². The van der Waals surface area contributed by atoms with Crippen LogP contribution in [0.1, 0.15) is 57.8 Å². The number of likely N-dealkylation sites (tertiary alicyclic amines) is 1. The second-order valence-electron chi connectivity index (χ2n) is 7.75. The lowest BCUT2D eigenvalue weighted by molar-refractivity contribution is -0.157. The fourth-order valence-corrected chi connectivity index (χ4v) is 6.53. The quantitative estimate of drug-likeness (QED) is 0.673. The van der Waals surface area contributed by atoms with Crippen LogP contribution in [0.3, 0.4) is 0 Å². The van der Waals surface area contributed by atoms with Gasteiger partial charge in [0, 0.05) is 18.0 Å². The Kier molecular flexibility index (Phi) is 2.72. The molecule has 1 heterocycles. The first-order valence-corrected chi connectivity index (χ1v) is 8.45. The van der Waals surface area contributed by atoms with Gasteiger partial charge in [-0.2, -0.15) is 0 Å². The second kappa shape index (κ2) is 4.13. The minimum Gasteiger partial charge on any atom is -0.342 e. The van der Waals surface area contributed by atoms with Gasteiger partial charge in [0.05, 0.1) is 5.41 Å². The lowest BCUT2D eigenvalue weighted by Crippen LogP contribution is -2.59. The Hall–Kier alpha value is -0.240. The van der Waals surface area contributed by atoms with Gasteiger partial charge in [-0.05, 0) is 69.6 Å². The van der Waals surface area contributed by atoms with Gasteiger partial charge in [0.15, 0.2) is 0 Å². The van der Waals surface area contributed by atoms with E-state index in [0.29, 0.717) is 5.91 Å². The summed E-state index contributed by atoms with van der Waals surface area (Å²) in [5.74, 6) is 1.92. The van der Waals surface area contributed by atoms with E-state index < -0.39 is 0 Å². The first kappa shape index (κ1) is 12.5. The van der Waals surface area contributed by atoms with E-state index in [1.54, 1.807) is 0 Å². The molecule has 0 aromatic rings. The highest BCUT2D eigenvalue weighted by Crippen LogP contribution is 2.64. The van der Waals surface area contributed by atoms with Crippen LogP contribution in [0.5, 0.6) is 0 Å². The van der Waals surface area contributed by atoms with Gasteiger partial charge in [0.25, 0.3) is 0 Å². The lowest BCUT2D eigenvalue weighted by Gasteiger charge is -2.60. The van der Waals surface area contributed by atoms with E-state index in [1.165, 1.54) is 38.5 Å². The Labute approximate surface area is 120 Å². The van der Waals surface area contributed by atoms with E-state index in [-0.39, 0.29) is 10.3 Å². The van der Waals surface area contributed by atoms with Gasteiger partial charge in [0.1, 0.15) is 0 Å². The van der Waals surface area contributed by atoms with E-state index in [1.807, 2.05) is 0 Å². The van der Waals surface area contributed by atoms with Gasteiger partial charge in [-0.25, -0.2) is 0 Å². The molecular formula is C16H24ClNO. The van der Waals surface area contributed by atoms with Crippen LogP contribution in [-0.2, 0) is 4.79 Å². The molecular weight excluding hydrogens is 258 g/mol. The minimum atomic E-state index is -0.0663. The van der Waals surface area contributed by atoms with Crippen LogP contribution in [0.4, 0.5) is 0 Å². The van der Waals surface area contributed by atoms with Crippen molar-refractivity contribution in [1.82, 2.24) is 4.90 Å². The SMILES string of the molecule is O=C(N1CCCCC1)C12CC3CC(CC(Cl)(C3)C1)C2. The largest absolute Gasteiger partial charge is 0.342 e. The lowest BCUT2D eigenvalue weighted by atomic mass is 9.49. The molecule has 1 aliphatic heterocycles. The van der Waals surface area contributed by atoms with Gasteiger partial charge < -0.3 is 4.90 Å². The molecule has 0 radical (unpaired) electrons. The molecule has 19 heavy (non-hydrogen) atoms. The molecule has 4 saturated carbocycles. The van der Waals surface area contributed by atoms with Crippen LogP contribution in [-0.4, -0.2) is 28.8 Å². The second-order valence-corrected chi connectivity index (χ2v) is 8.55. The molecule has 1 amide bonds.